The number of likely N-dealkylation sites (tertiary alicyclic amines) is 1. The molecule has 1 amide bonds. The first-order valence-corrected chi connectivity index (χ1v) is 12.1. The van der Waals surface area contributed by atoms with Crippen LogP contribution in [0.5, 0.6) is 0 Å². The first kappa shape index (κ1) is 22.6. The molecule has 8 heteroatoms. The highest BCUT2D eigenvalue weighted by atomic mass is 19.1. The standard InChI is InChI=1S/C25H34FN3O4/c1-24(2,3)32-23(30)29-18-5-6-19(29)14-25(31,13-18)15-28-10-8-16(9-11-28)22-20-7-4-17(26)12-21(20)33-27-22/h4,7,12,16,18-19,31H,5-6,8-11,13-15H2,1-3H3. The molecule has 2 bridgehead atoms. The zero-order valence-corrected chi connectivity index (χ0v) is 19.7. The third-order valence-electron chi connectivity index (χ3n) is 7.41. The van der Waals surface area contributed by atoms with Gasteiger partial charge in [-0.05, 0) is 84.5 Å². The minimum absolute atomic E-state index is 0.0445. The van der Waals surface area contributed by atoms with Crippen LogP contribution in [0.25, 0.3) is 11.0 Å². The van der Waals surface area contributed by atoms with E-state index < -0.39 is 11.2 Å². The van der Waals surface area contributed by atoms with Crippen molar-refractivity contribution in [3.05, 3.63) is 29.7 Å². The molecule has 7 nitrogen and oxygen atoms in total. The number of piperidine rings is 2. The molecular weight excluding hydrogens is 425 g/mol. The van der Waals surface area contributed by atoms with E-state index in [2.05, 4.69) is 10.1 Å². The summed E-state index contributed by atoms with van der Waals surface area (Å²) >= 11 is 0. The zero-order valence-electron chi connectivity index (χ0n) is 19.7. The molecule has 33 heavy (non-hydrogen) atoms. The minimum Gasteiger partial charge on any atom is -0.444 e. The highest BCUT2D eigenvalue weighted by Crippen LogP contribution is 2.42. The highest BCUT2D eigenvalue weighted by molar-refractivity contribution is 5.79. The van der Waals surface area contributed by atoms with E-state index in [9.17, 15) is 14.3 Å². The summed E-state index contributed by atoms with van der Waals surface area (Å²) in [6, 6.07) is 4.67. The lowest BCUT2D eigenvalue weighted by molar-refractivity contribution is -0.0758. The molecule has 1 aromatic heterocycles. The fourth-order valence-electron chi connectivity index (χ4n) is 6.07. The normalized spacial score (nSPS) is 29.1. The fourth-order valence-corrected chi connectivity index (χ4v) is 6.07. The van der Waals surface area contributed by atoms with Gasteiger partial charge in [-0.1, -0.05) is 5.16 Å². The topological polar surface area (TPSA) is 79.0 Å². The Bertz CT molecular complexity index is 1010. The third-order valence-corrected chi connectivity index (χ3v) is 7.41. The number of carbonyl (C=O) groups excluding carboxylic acids is 1. The molecule has 1 N–H and O–H groups in total. The molecule has 2 unspecified atom stereocenters. The smallest absolute Gasteiger partial charge is 0.410 e. The molecule has 0 aliphatic carbocycles. The van der Waals surface area contributed by atoms with Gasteiger partial charge in [0.15, 0.2) is 5.58 Å². The molecule has 2 atom stereocenters. The van der Waals surface area contributed by atoms with E-state index in [1.165, 1.54) is 12.1 Å². The number of halogens is 1. The van der Waals surface area contributed by atoms with E-state index in [0.29, 0.717) is 25.0 Å². The number of aliphatic hydroxyl groups is 1. The molecule has 2 aromatic rings. The average Bonchev–Trinajstić information content (AvgIpc) is 3.26. The summed E-state index contributed by atoms with van der Waals surface area (Å²) < 4.78 is 24.4. The van der Waals surface area contributed by atoms with E-state index in [4.69, 9.17) is 9.26 Å². The van der Waals surface area contributed by atoms with Gasteiger partial charge >= 0.3 is 6.09 Å². The Morgan fingerprint density at radius 1 is 1.21 bits per heavy atom. The van der Waals surface area contributed by atoms with Gasteiger partial charge in [0, 0.05) is 36.0 Å². The number of carbonyl (C=O) groups is 1. The van der Waals surface area contributed by atoms with Gasteiger partial charge in [0.1, 0.15) is 11.4 Å². The lowest BCUT2D eigenvalue weighted by atomic mass is 9.84. The number of β-amino-alcohol motifs (C(OH)–C–C–N with tert-alkyl or cyclic N) is 1. The van der Waals surface area contributed by atoms with Crippen molar-refractivity contribution in [2.24, 2.45) is 0 Å². The Balaban J connectivity index is 1.19. The fraction of sp³-hybridized carbons (Fsp3) is 0.680. The second-order valence-corrected chi connectivity index (χ2v) is 11.2. The third kappa shape index (κ3) is 4.60. The molecular formula is C25H34FN3O4. The van der Waals surface area contributed by atoms with Crippen LogP contribution in [-0.2, 0) is 4.74 Å². The molecule has 5 rings (SSSR count). The zero-order chi connectivity index (χ0) is 23.4. The van der Waals surface area contributed by atoms with Crippen molar-refractivity contribution in [2.45, 2.75) is 88.5 Å². The van der Waals surface area contributed by atoms with E-state index in [0.717, 1.165) is 49.9 Å². The molecule has 0 spiro atoms. The SMILES string of the molecule is CC(C)(C)OC(=O)N1C2CCC1CC(O)(CN1CCC(c3noc4cc(F)ccc34)CC1)C2. The summed E-state index contributed by atoms with van der Waals surface area (Å²) in [5, 5.41) is 16.6. The Morgan fingerprint density at radius 2 is 1.88 bits per heavy atom. The first-order valence-electron chi connectivity index (χ1n) is 12.1. The van der Waals surface area contributed by atoms with Crippen molar-refractivity contribution in [2.75, 3.05) is 19.6 Å². The van der Waals surface area contributed by atoms with Crippen molar-refractivity contribution < 1.29 is 23.6 Å². The molecule has 180 valence electrons. The van der Waals surface area contributed by atoms with E-state index >= 15 is 0 Å². The number of ether oxygens (including phenoxy) is 1. The number of hydrogen-bond acceptors (Lipinski definition) is 6. The Hall–Kier alpha value is -2.19. The van der Waals surface area contributed by atoms with Crippen LogP contribution in [-0.4, -0.2) is 69.1 Å². The van der Waals surface area contributed by atoms with Crippen LogP contribution in [0.15, 0.2) is 22.7 Å². The summed E-state index contributed by atoms with van der Waals surface area (Å²) in [6.07, 6.45) is 4.64. The Labute approximate surface area is 193 Å². The van der Waals surface area contributed by atoms with E-state index in [-0.39, 0.29) is 29.9 Å². The molecule has 0 saturated carbocycles. The van der Waals surface area contributed by atoms with Gasteiger partial charge in [0.2, 0.25) is 0 Å². The molecule has 4 heterocycles. The van der Waals surface area contributed by atoms with E-state index in [1.54, 1.807) is 6.07 Å². The van der Waals surface area contributed by atoms with Crippen LogP contribution in [0.2, 0.25) is 0 Å². The molecule has 3 aliphatic heterocycles. The summed E-state index contributed by atoms with van der Waals surface area (Å²) in [5.74, 6) is -0.0484. The number of fused-ring (bicyclic) bond motifs is 3. The summed E-state index contributed by atoms with van der Waals surface area (Å²) in [4.78, 5) is 16.9. The number of benzene rings is 1. The van der Waals surface area contributed by atoms with Crippen LogP contribution in [0.4, 0.5) is 9.18 Å². The van der Waals surface area contributed by atoms with Gasteiger partial charge in [0.05, 0.1) is 11.3 Å². The molecule has 1 aromatic carbocycles. The average molecular weight is 460 g/mol. The molecule has 3 aliphatic rings. The van der Waals surface area contributed by atoms with Gasteiger partial charge in [-0.2, -0.15) is 0 Å². The maximum atomic E-state index is 13.5. The lowest BCUT2D eigenvalue weighted by Gasteiger charge is -2.46. The Kier molecular flexibility index (Phi) is 5.64. The van der Waals surface area contributed by atoms with Crippen LogP contribution < -0.4 is 0 Å². The maximum Gasteiger partial charge on any atom is 0.410 e. The highest BCUT2D eigenvalue weighted by Gasteiger charge is 2.51. The van der Waals surface area contributed by atoms with Crippen molar-refractivity contribution in [1.82, 2.24) is 15.0 Å². The van der Waals surface area contributed by atoms with Gasteiger partial charge in [0.25, 0.3) is 0 Å². The predicted molar refractivity (Wildman–Crippen MR) is 121 cm³/mol. The van der Waals surface area contributed by atoms with Gasteiger partial charge < -0.3 is 24.2 Å². The summed E-state index contributed by atoms with van der Waals surface area (Å²) in [6.45, 7) is 8.02. The van der Waals surface area contributed by atoms with Crippen LogP contribution in [0.1, 0.15) is 70.9 Å². The maximum absolute atomic E-state index is 13.5. The van der Waals surface area contributed by atoms with Crippen LogP contribution >= 0.6 is 0 Å². The first-order chi connectivity index (χ1) is 15.6. The molecule has 3 saturated heterocycles. The van der Waals surface area contributed by atoms with E-state index in [1.807, 2.05) is 25.7 Å². The second-order valence-electron chi connectivity index (χ2n) is 11.2. The number of nitrogens with zero attached hydrogens (tertiary/aromatic N) is 3. The molecule has 3 fully saturated rings. The van der Waals surface area contributed by atoms with Crippen molar-refractivity contribution in [1.29, 1.82) is 0 Å². The number of hydrogen-bond donors (Lipinski definition) is 1. The second kappa shape index (κ2) is 8.24. The summed E-state index contributed by atoms with van der Waals surface area (Å²) in [5.41, 5.74) is 0.105. The van der Waals surface area contributed by atoms with Crippen molar-refractivity contribution in [3.63, 3.8) is 0 Å². The van der Waals surface area contributed by atoms with Crippen molar-refractivity contribution >= 4 is 17.1 Å². The Morgan fingerprint density at radius 3 is 2.52 bits per heavy atom. The largest absolute Gasteiger partial charge is 0.444 e. The van der Waals surface area contributed by atoms with Crippen LogP contribution in [0, 0.1) is 5.82 Å². The lowest BCUT2D eigenvalue weighted by Crippen LogP contribution is -2.58. The van der Waals surface area contributed by atoms with Gasteiger partial charge in [-0.15, -0.1) is 0 Å². The summed E-state index contributed by atoms with van der Waals surface area (Å²) in [7, 11) is 0. The monoisotopic (exact) mass is 459 g/mol. The quantitative estimate of drug-likeness (QED) is 0.731. The van der Waals surface area contributed by atoms with Crippen LogP contribution in [0.3, 0.4) is 0 Å². The number of rotatable bonds is 3. The number of aromatic nitrogens is 1. The van der Waals surface area contributed by atoms with Gasteiger partial charge in [-0.25, -0.2) is 9.18 Å². The number of amides is 1. The van der Waals surface area contributed by atoms with Gasteiger partial charge in [-0.3, -0.25) is 0 Å². The van der Waals surface area contributed by atoms with Crippen molar-refractivity contribution in [3.8, 4) is 0 Å². The minimum atomic E-state index is -0.782. The predicted octanol–water partition coefficient (Wildman–Crippen LogP) is 4.44. The molecule has 0 radical (unpaired) electrons.